The highest BCUT2D eigenvalue weighted by molar-refractivity contribution is 7.89. The van der Waals surface area contributed by atoms with Crippen molar-refractivity contribution in [2.24, 2.45) is 0 Å². The Labute approximate surface area is 199 Å². The standard InChI is InChI=1S/C25H27N3O5S/c29-24(23-12-7-17-33-23)26-22(18-19-8-3-1-4-9-19)25(30)28-15-13-20(14-16-28)27-34(31,32)21-10-5-2-6-11-21/h1-12,17,20,22,27H,13-16,18H2,(H,26,29)/t22-/m1/s1. The summed E-state index contributed by atoms with van der Waals surface area (Å²) in [6.45, 7) is 0.783. The van der Waals surface area contributed by atoms with E-state index >= 15 is 0 Å². The molecule has 4 rings (SSSR count). The number of benzene rings is 2. The van der Waals surface area contributed by atoms with Crippen LogP contribution in [-0.4, -0.2) is 50.3 Å². The van der Waals surface area contributed by atoms with Crippen molar-refractivity contribution in [3.05, 3.63) is 90.4 Å². The fraction of sp³-hybridized carbons (Fsp3) is 0.280. The minimum atomic E-state index is -3.62. The lowest BCUT2D eigenvalue weighted by Crippen LogP contribution is -2.53. The second kappa shape index (κ2) is 10.7. The van der Waals surface area contributed by atoms with Gasteiger partial charge in [-0.25, -0.2) is 13.1 Å². The number of piperidine rings is 1. The molecule has 2 heterocycles. The van der Waals surface area contributed by atoms with Crippen molar-refractivity contribution < 1.29 is 22.4 Å². The molecule has 9 heteroatoms. The summed E-state index contributed by atoms with van der Waals surface area (Å²) in [5.41, 5.74) is 0.922. The van der Waals surface area contributed by atoms with E-state index in [0.717, 1.165) is 5.56 Å². The molecule has 1 aliphatic heterocycles. The Morgan fingerprint density at radius 3 is 2.21 bits per heavy atom. The molecule has 0 spiro atoms. The van der Waals surface area contributed by atoms with Gasteiger partial charge in [-0.05, 0) is 42.7 Å². The van der Waals surface area contributed by atoms with Crippen LogP contribution in [0.15, 0.2) is 88.4 Å². The largest absolute Gasteiger partial charge is 0.459 e. The first-order chi connectivity index (χ1) is 16.4. The molecule has 0 saturated carbocycles. The van der Waals surface area contributed by atoms with E-state index in [0.29, 0.717) is 32.4 Å². The monoisotopic (exact) mass is 481 g/mol. The Bertz CT molecular complexity index is 1190. The Balaban J connectivity index is 1.40. The van der Waals surface area contributed by atoms with E-state index in [1.807, 2.05) is 30.3 Å². The van der Waals surface area contributed by atoms with Gasteiger partial charge >= 0.3 is 0 Å². The van der Waals surface area contributed by atoms with Gasteiger partial charge in [0, 0.05) is 25.6 Å². The normalized spacial score (nSPS) is 15.6. The number of sulfonamides is 1. The number of furan rings is 1. The molecule has 8 nitrogen and oxygen atoms in total. The first kappa shape index (κ1) is 23.7. The number of likely N-dealkylation sites (tertiary alicyclic amines) is 1. The smallest absolute Gasteiger partial charge is 0.287 e. The lowest BCUT2D eigenvalue weighted by Gasteiger charge is -2.34. The first-order valence-electron chi connectivity index (χ1n) is 11.2. The quantitative estimate of drug-likeness (QED) is 0.514. The highest BCUT2D eigenvalue weighted by Gasteiger charge is 2.31. The van der Waals surface area contributed by atoms with Crippen LogP contribution in [-0.2, 0) is 21.2 Å². The molecule has 34 heavy (non-hydrogen) atoms. The molecule has 0 bridgehead atoms. The summed E-state index contributed by atoms with van der Waals surface area (Å²) < 4.78 is 33.1. The van der Waals surface area contributed by atoms with Crippen LogP contribution in [0.5, 0.6) is 0 Å². The average Bonchev–Trinajstić information content (AvgIpc) is 3.40. The fourth-order valence-corrected chi connectivity index (χ4v) is 5.34. The van der Waals surface area contributed by atoms with Crippen LogP contribution in [0.3, 0.4) is 0 Å². The molecule has 0 unspecified atom stereocenters. The van der Waals surface area contributed by atoms with Crippen LogP contribution >= 0.6 is 0 Å². The minimum Gasteiger partial charge on any atom is -0.459 e. The maximum atomic E-state index is 13.4. The molecule has 0 radical (unpaired) electrons. The van der Waals surface area contributed by atoms with Crippen molar-refractivity contribution in [2.75, 3.05) is 13.1 Å². The number of rotatable bonds is 8. The van der Waals surface area contributed by atoms with E-state index in [2.05, 4.69) is 10.0 Å². The topological polar surface area (TPSA) is 109 Å². The van der Waals surface area contributed by atoms with E-state index in [4.69, 9.17) is 4.42 Å². The van der Waals surface area contributed by atoms with E-state index in [1.54, 1.807) is 47.4 Å². The molecule has 2 aromatic carbocycles. The Morgan fingerprint density at radius 1 is 0.941 bits per heavy atom. The van der Waals surface area contributed by atoms with Crippen molar-refractivity contribution in [3.8, 4) is 0 Å². The van der Waals surface area contributed by atoms with Crippen LogP contribution in [0.1, 0.15) is 29.0 Å². The second-order valence-corrected chi connectivity index (χ2v) is 9.94. The summed E-state index contributed by atoms with van der Waals surface area (Å²) in [5.74, 6) is -0.516. The van der Waals surface area contributed by atoms with Gasteiger partial charge < -0.3 is 14.6 Å². The number of nitrogens with one attached hydrogen (secondary N) is 2. The van der Waals surface area contributed by atoms with E-state index < -0.39 is 22.0 Å². The number of hydrogen-bond acceptors (Lipinski definition) is 5. The maximum Gasteiger partial charge on any atom is 0.287 e. The van der Waals surface area contributed by atoms with Crippen molar-refractivity contribution in [3.63, 3.8) is 0 Å². The molecule has 1 atom stereocenters. The summed E-state index contributed by atoms with van der Waals surface area (Å²) in [5, 5.41) is 2.80. The van der Waals surface area contributed by atoms with Crippen LogP contribution in [0.25, 0.3) is 0 Å². The predicted octanol–water partition coefficient (Wildman–Crippen LogP) is 2.59. The maximum absolute atomic E-state index is 13.4. The van der Waals surface area contributed by atoms with Gasteiger partial charge in [0.15, 0.2) is 5.76 Å². The zero-order valence-electron chi connectivity index (χ0n) is 18.6. The molecule has 1 aliphatic rings. The molecule has 2 N–H and O–H groups in total. The third-order valence-electron chi connectivity index (χ3n) is 5.81. The lowest BCUT2D eigenvalue weighted by molar-refractivity contribution is -0.134. The highest BCUT2D eigenvalue weighted by atomic mass is 32.2. The number of hydrogen-bond donors (Lipinski definition) is 2. The zero-order chi connectivity index (χ0) is 24.0. The first-order valence-corrected chi connectivity index (χ1v) is 12.6. The Morgan fingerprint density at radius 2 is 1.59 bits per heavy atom. The summed E-state index contributed by atoms with van der Waals surface area (Å²) in [7, 11) is -3.62. The van der Waals surface area contributed by atoms with Gasteiger partial charge in [0.05, 0.1) is 11.2 Å². The average molecular weight is 482 g/mol. The molecular formula is C25H27N3O5S. The van der Waals surface area contributed by atoms with E-state index in [9.17, 15) is 18.0 Å². The van der Waals surface area contributed by atoms with Gasteiger partial charge in [0.1, 0.15) is 6.04 Å². The molecule has 0 aliphatic carbocycles. The summed E-state index contributed by atoms with van der Waals surface area (Å²) in [4.78, 5) is 27.9. The third kappa shape index (κ3) is 5.92. The number of nitrogens with zero attached hydrogens (tertiary/aromatic N) is 1. The van der Waals surface area contributed by atoms with Gasteiger partial charge in [-0.2, -0.15) is 0 Å². The molecule has 1 aromatic heterocycles. The number of carbonyl (C=O) groups excluding carboxylic acids is 2. The van der Waals surface area contributed by atoms with Gasteiger partial charge in [-0.1, -0.05) is 48.5 Å². The SMILES string of the molecule is O=C(N[C@H](Cc1ccccc1)C(=O)N1CCC(NS(=O)(=O)c2ccccc2)CC1)c1ccco1. The van der Waals surface area contributed by atoms with Gasteiger partial charge in [0.2, 0.25) is 15.9 Å². The Hall–Kier alpha value is -3.43. The number of carbonyl (C=O) groups is 2. The lowest BCUT2D eigenvalue weighted by atomic mass is 10.0. The van der Waals surface area contributed by atoms with Crippen LogP contribution in [0.4, 0.5) is 0 Å². The predicted molar refractivity (Wildman–Crippen MR) is 126 cm³/mol. The van der Waals surface area contributed by atoms with E-state index in [-0.39, 0.29) is 22.6 Å². The highest BCUT2D eigenvalue weighted by Crippen LogP contribution is 2.17. The molecule has 1 saturated heterocycles. The Kier molecular flexibility index (Phi) is 7.44. The van der Waals surface area contributed by atoms with Crippen molar-refractivity contribution in [2.45, 2.75) is 36.2 Å². The zero-order valence-corrected chi connectivity index (χ0v) is 19.4. The molecule has 3 aromatic rings. The van der Waals surface area contributed by atoms with Crippen molar-refractivity contribution >= 4 is 21.8 Å². The fourth-order valence-electron chi connectivity index (χ4n) is 4.01. The van der Waals surface area contributed by atoms with Crippen LogP contribution in [0.2, 0.25) is 0 Å². The second-order valence-electron chi connectivity index (χ2n) is 8.23. The van der Waals surface area contributed by atoms with Gasteiger partial charge in [0.25, 0.3) is 5.91 Å². The number of amides is 2. The van der Waals surface area contributed by atoms with Gasteiger partial charge in [-0.3, -0.25) is 9.59 Å². The summed E-state index contributed by atoms with van der Waals surface area (Å²) >= 11 is 0. The molecular weight excluding hydrogens is 454 g/mol. The van der Waals surface area contributed by atoms with E-state index in [1.165, 1.54) is 6.26 Å². The third-order valence-corrected chi connectivity index (χ3v) is 7.35. The minimum absolute atomic E-state index is 0.139. The van der Waals surface area contributed by atoms with Crippen molar-refractivity contribution in [1.82, 2.24) is 14.9 Å². The van der Waals surface area contributed by atoms with Crippen LogP contribution in [0, 0.1) is 0 Å². The molecule has 1 fully saturated rings. The molecule has 2 amide bonds. The van der Waals surface area contributed by atoms with Gasteiger partial charge in [-0.15, -0.1) is 0 Å². The summed E-state index contributed by atoms with van der Waals surface area (Å²) in [6.07, 6.45) is 2.72. The van der Waals surface area contributed by atoms with Crippen LogP contribution < -0.4 is 10.0 Å². The summed E-state index contributed by atoms with van der Waals surface area (Å²) in [6, 6.07) is 19.8. The van der Waals surface area contributed by atoms with Crippen molar-refractivity contribution in [1.29, 1.82) is 0 Å². The molecule has 178 valence electrons.